The minimum atomic E-state index is -0.660. The third-order valence-electron chi connectivity index (χ3n) is 6.31. The van der Waals surface area contributed by atoms with Crippen molar-refractivity contribution in [2.45, 2.75) is 56.0 Å². The lowest BCUT2D eigenvalue weighted by atomic mass is 9.94. The zero-order valence-corrected chi connectivity index (χ0v) is 22.5. The molecule has 37 heavy (non-hydrogen) atoms. The molecular weight excluding hydrogens is 514 g/mol. The number of hydrogen-bond acceptors (Lipinski definition) is 8. The van der Waals surface area contributed by atoms with Crippen LogP contribution >= 0.6 is 23.1 Å². The topological polar surface area (TPSA) is 115 Å². The molecule has 2 aliphatic rings. The molecule has 2 atom stereocenters. The van der Waals surface area contributed by atoms with Gasteiger partial charge in [0.1, 0.15) is 6.54 Å². The van der Waals surface area contributed by atoms with Crippen LogP contribution in [0.15, 0.2) is 36.4 Å². The van der Waals surface area contributed by atoms with Crippen molar-refractivity contribution in [1.82, 2.24) is 10.8 Å². The van der Waals surface area contributed by atoms with E-state index < -0.39 is 6.09 Å². The summed E-state index contributed by atoms with van der Waals surface area (Å²) in [4.78, 5) is 44.0. The maximum atomic E-state index is 12.9. The molecule has 9 nitrogen and oxygen atoms in total. The number of anilines is 1. The molecule has 0 bridgehead atoms. The highest BCUT2D eigenvalue weighted by Gasteiger charge is 2.38. The maximum Gasteiger partial charge on any atom is 0.407 e. The number of hydroxylamine groups is 1. The van der Waals surface area contributed by atoms with Gasteiger partial charge in [-0.1, -0.05) is 18.6 Å². The van der Waals surface area contributed by atoms with E-state index in [9.17, 15) is 14.4 Å². The van der Waals surface area contributed by atoms with E-state index in [0.717, 1.165) is 59.6 Å². The van der Waals surface area contributed by atoms with Gasteiger partial charge in [-0.05, 0) is 61.3 Å². The Labute approximate surface area is 225 Å². The summed E-state index contributed by atoms with van der Waals surface area (Å²) in [5.74, 6) is 0.524. The molecule has 2 aliphatic heterocycles. The quantitative estimate of drug-likeness (QED) is 0.387. The second-order valence-electron chi connectivity index (χ2n) is 9.05. The highest BCUT2D eigenvalue weighted by molar-refractivity contribution is 8.00. The molecule has 2 saturated heterocycles. The molecule has 0 aliphatic carbocycles. The summed E-state index contributed by atoms with van der Waals surface area (Å²) in [6.07, 6.45) is 5.30. The van der Waals surface area contributed by atoms with E-state index in [1.165, 1.54) is 7.11 Å². The van der Waals surface area contributed by atoms with E-state index in [2.05, 4.69) is 33.0 Å². The van der Waals surface area contributed by atoms with Gasteiger partial charge >= 0.3 is 6.09 Å². The summed E-state index contributed by atoms with van der Waals surface area (Å²) in [6.45, 7) is 0.478. The number of ether oxygens (including phenoxy) is 2. The molecule has 2 aromatic rings. The van der Waals surface area contributed by atoms with Crippen LogP contribution < -0.4 is 16.1 Å². The monoisotopic (exact) mass is 547 g/mol. The van der Waals surface area contributed by atoms with Crippen LogP contribution in [-0.2, 0) is 28.6 Å². The molecule has 2 fully saturated rings. The van der Waals surface area contributed by atoms with E-state index in [0.29, 0.717) is 18.7 Å². The summed E-state index contributed by atoms with van der Waals surface area (Å²) >= 11 is 3.52. The van der Waals surface area contributed by atoms with Crippen molar-refractivity contribution in [3.05, 3.63) is 41.3 Å². The van der Waals surface area contributed by atoms with E-state index in [-0.39, 0.29) is 29.4 Å². The van der Waals surface area contributed by atoms with Gasteiger partial charge in [0.05, 0.1) is 11.9 Å². The molecule has 0 radical (unpaired) electrons. The minimum absolute atomic E-state index is 0.135. The molecule has 200 valence electrons. The van der Waals surface area contributed by atoms with Crippen LogP contribution in [0, 0.1) is 0 Å². The average molecular weight is 548 g/mol. The smallest absolute Gasteiger partial charge is 0.407 e. The van der Waals surface area contributed by atoms with Crippen LogP contribution in [0.3, 0.4) is 0 Å². The fourth-order valence-electron chi connectivity index (χ4n) is 4.42. The van der Waals surface area contributed by atoms with Gasteiger partial charge in [0.2, 0.25) is 11.8 Å². The molecule has 3 N–H and O–H groups in total. The van der Waals surface area contributed by atoms with Gasteiger partial charge < -0.3 is 20.1 Å². The van der Waals surface area contributed by atoms with E-state index >= 15 is 0 Å². The van der Waals surface area contributed by atoms with Crippen molar-refractivity contribution >= 4 is 46.7 Å². The van der Waals surface area contributed by atoms with Crippen LogP contribution in [0.4, 0.5) is 10.5 Å². The predicted octanol–water partition coefficient (Wildman–Crippen LogP) is 4.79. The largest absolute Gasteiger partial charge is 0.453 e. The van der Waals surface area contributed by atoms with E-state index in [4.69, 9.17) is 9.57 Å². The summed E-state index contributed by atoms with van der Waals surface area (Å²) < 4.78 is 9.74. The average Bonchev–Trinajstić information content (AvgIpc) is 3.43. The zero-order chi connectivity index (χ0) is 26.1. The van der Waals surface area contributed by atoms with E-state index in [1.807, 2.05) is 30.0 Å². The molecule has 11 heteroatoms. The number of nitrogens with one attached hydrogen (secondary N) is 3. The molecule has 3 heterocycles. The molecular formula is C26H33N3O6S2. The first-order chi connectivity index (χ1) is 18.0. The Balaban J connectivity index is 1.42. The Morgan fingerprint density at radius 2 is 2.00 bits per heavy atom. The molecule has 1 aromatic carbocycles. The summed E-state index contributed by atoms with van der Waals surface area (Å²) in [6, 6.07) is 11.7. The van der Waals surface area contributed by atoms with Crippen molar-refractivity contribution in [3.63, 3.8) is 0 Å². The second kappa shape index (κ2) is 13.3. The van der Waals surface area contributed by atoms with Gasteiger partial charge in [0.25, 0.3) is 0 Å². The van der Waals surface area contributed by atoms with Crippen LogP contribution in [0.2, 0.25) is 0 Å². The third kappa shape index (κ3) is 7.70. The normalized spacial score (nSPS) is 21.6. The zero-order valence-electron chi connectivity index (χ0n) is 20.9. The summed E-state index contributed by atoms with van der Waals surface area (Å²) in [5, 5.41) is 5.15. The fraction of sp³-hybridized carbons (Fsp3) is 0.500. The number of alkyl carbamates (subject to hydrolysis) is 1. The van der Waals surface area contributed by atoms with Gasteiger partial charge in [0.15, 0.2) is 6.29 Å². The van der Waals surface area contributed by atoms with Gasteiger partial charge in [0, 0.05) is 34.9 Å². The van der Waals surface area contributed by atoms with Crippen molar-refractivity contribution in [2.24, 2.45) is 0 Å². The molecule has 4 rings (SSSR count). The lowest BCUT2D eigenvalue weighted by molar-refractivity contribution is -0.200. The first kappa shape index (κ1) is 27.4. The van der Waals surface area contributed by atoms with E-state index in [1.54, 1.807) is 17.4 Å². The number of thioether (sulfide) groups is 1. The lowest BCUT2D eigenvalue weighted by Crippen LogP contribution is -2.37. The molecule has 3 amide bonds. The number of thiophene rings is 1. The number of carbonyl (C=O) groups excluding carboxylic acids is 3. The Morgan fingerprint density at radius 3 is 2.76 bits per heavy atom. The number of rotatable bonds is 9. The molecule has 0 saturated carbocycles. The standard InChI is InChI=1S/C26H33N3O6S2/c1-33-25(32)27-17-23(31)28-19-8-6-7-18(15-19)20-10-11-21(37-20)26(12-3-5-14-36-26)16-22(30)29-35-24-9-2-4-13-34-24/h6-8,10-11,15,24H,2-5,9,12-14,16-17H2,1H3,(H,27,32)(H,28,31)(H,29,30)/t24?,26-/m0/s1. The highest BCUT2D eigenvalue weighted by Crippen LogP contribution is 2.51. The maximum absolute atomic E-state index is 12.9. The van der Waals surface area contributed by atoms with Gasteiger partial charge in [-0.2, -0.15) is 0 Å². The Morgan fingerprint density at radius 1 is 1.11 bits per heavy atom. The van der Waals surface area contributed by atoms with Crippen LogP contribution in [-0.4, -0.2) is 50.2 Å². The second-order valence-corrected chi connectivity index (χ2v) is 11.6. The molecule has 1 aromatic heterocycles. The minimum Gasteiger partial charge on any atom is -0.453 e. The number of benzene rings is 1. The number of methoxy groups -OCH3 is 1. The Hall–Kier alpha value is -2.60. The number of hydrogen-bond donors (Lipinski definition) is 3. The first-order valence-electron chi connectivity index (χ1n) is 12.5. The van der Waals surface area contributed by atoms with Gasteiger partial charge in [-0.3, -0.25) is 9.59 Å². The predicted molar refractivity (Wildman–Crippen MR) is 144 cm³/mol. The summed E-state index contributed by atoms with van der Waals surface area (Å²) in [7, 11) is 1.24. The number of carbonyl (C=O) groups is 3. The fourth-order valence-corrected chi connectivity index (χ4v) is 7.31. The van der Waals surface area contributed by atoms with Crippen molar-refractivity contribution in [3.8, 4) is 10.4 Å². The van der Waals surface area contributed by atoms with Crippen molar-refractivity contribution in [2.75, 3.05) is 31.3 Å². The third-order valence-corrected chi connectivity index (χ3v) is 9.39. The van der Waals surface area contributed by atoms with Crippen LogP contribution in [0.25, 0.3) is 10.4 Å². The van der Waals surface area contributed by atoms with Gasteiger partial charge in [-0.15, -0.1) is 23.1 Å². The Bertz CT molecular complexity index is 1080. The first-order valence-corrected chi connectivity index (χ1v) is 14.3. The molecule has 0 spiro atoms. The summed E-state index contributed by atoms with van der Waals surface area (Å²) in [5.41, 5.74) is 4.23. The highest BCUT2D eigenvalue weighted by atomic mass is 32.2. The van der Waals surface area contributed by atoms with Crippen molar-refractivity contribution < 1.29 is 28.7 Å². The van der Waals surface area contributed by atoms with Crippen molar-refractivity contribution in [1.29, 1.82) is 0 Å². The SMILES string of the molecule is COC(=O)NCC(=O)Nc1cccc(-c2ccc([C@@]3(CC(=O)NOC4CCCCO4)CCCCS3)s2)c1. The van der Waals surface area contributed by atoms with Crippen LogP contribution in [0.1, 0.15) is 49.8 Å². The van der Waals surface area contributed by atoms with Gasteiger partial charge in [-0.25, -0.2) is 15.1 Å². The number of amides is 3. The van der Waals surface area contributed by atoms with Crippen LogP contribution in [0.5, 0.6) is 0 Å². The lowest BCUT2D eigenvalue weighted by Gasteiger charge is -2.35. The Kier molecular flexibility index (Phi) is 9.84. The molecule has 1 unspecified atom stereocenters.